The van der Waals surface area contributed by atoms with E-state index >= 15 is 0 Å². The Morgan fingerprint density at radius 3 is 2.56 bits per heavy atom. The van der Waals surface area contributed by atoms with Gasteiger partial charge < -0.3 is 16.0 Å². The number of hydrogen-bond acceptors (Lipinski definition) is 3. The van der Waals surface area contributed by atoms with Gasteiger partial charge in [-0.2, -0.15) is 0 Å². The number of hydrogen-bond donors (Lipinski definition) is 2. The summed E-state index contributed by atoms with van der Waals surface area (Å²) in [6, 6.07) is 5.66. The second kappa shape index (κ2) is 7.56. The van der Waals surface area contributed by atoms with Gasteiger partial charge in [0.05, 0.1) is 5.02 Å². The van der Waals surface area contributed by atoms with Gasteiger partial charge in [-0.15, -0.1) is 0 Å². The van der Waals surface area contributed by atoms with Crippen LogP contribution < -0.4 is 11.1 Å². The second-order valence-electron chi connectivity index (χ2n) is 4.01. The first-order valence-electron chi connectivity index (χ1n) is 6.14. The molecule has 3 N–H and O–H groups in total. The SMILES string of the molecule is CCN(CC)CCNc1ccc(C(N)=S)c(Cl)c1. The van der Waals surface area contributed by atoms with Crippen LogP contribution in [0.3, 0.4) is 0 Å². The van der Waals surface area contributed by atoms with Crippen molar-refractivity contribution in [3.8, 4) is 0 Å². The highest BCUT2D eigenvalue weighted by Gasteiger charge is 2.04. The fourth-order valence-electron chi connectivity index (χ4n) is 1.72. The van der Waals surface area contributed by atoms with Crippen LogP contribution in [0.25, 0.3) is 0 Å². The number of nitrogens with zero attached hydrogens (tertiary/aromatic N) is 1. The van der Waals surface area contributed by atoms with E-state index < -0.39 is 0 Å². The molecule has 18 heavy (non-hydrogen) atoms. The van der Waals surface area contributed by atoms with Crippen LogP contribution in [0.1, 0.15) is 19.4 Å². The molecule has 0 aliphatic carbocycles. The molecule has 0 atom stereocenters. The summed E-state index contributed by atoms with van der Waals surface area (Å²) >= 11 is 11.0. The van der Waals surface area contributed by atoms with E-state index in [1.165, 1.54) is 0 Å². The lowest BCUT2D eigenvalue weighted by molar-refractivity contribution is 0.316. The Morgan fingerprint density at radius 1 is 1.39 bits per heavy atom. The van der Waals surface area contributed by atoms with Gasteiger partial charge in [0.1, 0.15) is 4.99 Å². The third-order valence-corrected chi connectivity index (χ3v) is 3.42. The van der Waals surface area contributed by atoms with Crippen molar-refractivity contribution in [2.75, 3.05) is 31.5 Å². The van der Waals surface area contributed by atoms with Gasteiger partial charge in [-0.25, -0.2) is 0 Å². The standard InChI is InChI=1S/C13H20ClN3S/c1-3-17(4-2)8-7-16-10-5-6-11(13(15)18)12(14)9-10/h5-6,9,16H,3-4,7-8H2,1-2H3,(H2,15,18). The number of nitrogens with one attached hydrogen (secondary N) is 1. The van der Waals surface area contributed by atoms with Gasteiger partial charge in [-0.3, -0.25) is 0 Å². The monoisotopic (exact) mass is 285 g/mol. The fraction of sp³-hybridized carbons (Fsp3) is 0.462. The van der Waals surface area contributed by atoms with Gasteiger partial charge in [-0.1, -0.05) is 37.7 Å². The van der Waals surface area contributed by atoms with Crippen molar-refractivity contribution < 1.29 is 0 Å². The minimum atomic E-state index is 0.328. The molecule has 1 rings (SSSR count). The molecule has 1 aromatic rings. The van der Waals surface area contributed by atoms with Crippen molar-refractivity contribution >= 4 is 34.5 Å². The molecule has 0 heterocycles. The van der Waals surface area contributed by atoms with Crippen LogP contribution in [0.5, 0.6) is 0 Å². The topological polar surface area (TPSA) is 41.3 Å². The van der Waals surface area contributed by atoms with E-state index in [9.17, 15) is 0 Å². The molecule has 0 saturated carbocycles. The maximum atomic E-state index is 6.10. The molecule has 0 saturated heterocycles. The Hall–Kier alpha value is -0.840. The minimum absolute atomic E-state index is 0.328. The van der Waals surface area contributed by atoms with Crippen LogP contribution in [0.4, 0.5) is 5.69 Å². The number of likely N-dealkylation sites (N-methyl/N-ethyl adjacent to an activating group) is 1. The lowest BCUT2D eigenvalue weighted by atomic mass is 10.2. The summed E-state index contributed by atoms with van der Waals surface area (Å²) in [5.74, 6) is 0. The van der Waals surface area contributed by atoms with Crippen LogP contribution in [-0.2, 0) is 0 Å². The average Bonchev–Trinajstić information content (AvgIpc) is 2.34. The van der Waals surface area contributed by atoms with Crippen molar-refractivity contribution in [1.82, 2.24) is 4.90 Å². The predicted octanol–water partition coefficient (Wildman–Crippen LogP) is 2.73. The fourth-order valence-corrected chi connectivity index (χ4v) is 2.24. The molecule has 0 unspecified atom stereocenters. The van der Waals surface area contributed by atoms with E-state index in [1.807, 2.05) is 18.2 Å². The summed E-state index contributed by atoms with van der Waals surface area (Å²) in [6.45, 7) is 8.37. The number of rotatable bonds is 7. The van der Waals surface area contributed by atoms with Crippen LogP contribution in [-0.4, -0.2) is 36.1 Å². The van der Waals surface area contributed by atoms with Crippen LogP contribution in [0.2, 0.25) is 5.02 Å². The van der Waals surface area contributed by atoms with Crippen molar-refractivity contribution in [2.45, 2.75) is 13.8 Å². The number of nitrogens with two attached hydrogens (primary N) is 1. The molecule has 0 aliphatic heterocycles. The quantitative estimate of drug-likeness (QED) is 0.756. The van der Waals surface area contributed by atoms with Gasteiger partial charge in [0, 0.05) is 24.3 Å². The second-order valence-corrected chi connectivity index (χ2v) is 4.86. The summed E-state index contributed by atoms with van der Waals surface area (Å²) in [4.78, 5) is 2.69. The third-order valence-electron chi connectivity index (χ3n) is 2.89. The van der Waals surface area contributed by atoms with Crippen molar-refractivity contribution in [2.24, 2.45) is 5.73 Å². The van der Waals surface area contributed by atoms with Gasteiger partial charge >= 0.3 is 0 Å². The number of benzene rings is 1. The minimum Gasteiger partial charge on any atom is -0.389 e. The molecule has 5 heteroatoms. The highest BCUT2D eigenvalue weighted by Crippen LogP contribution is 2.20. The first kappa shape index (κ1) is 15.2. The number of anilines is 1. The number of thiocarbonyl (C=S) groups is 1. The molecule has 0 fully saturated rings. The normalized spacial score (nSPS) is 10.7. The third kappa shape index (κ3) is 4.44. The van der Waals surface area contributed by atoms with Crippen molar-refractivity contribution in [3.63, 3.8) is 0 Å². The summed E-state index contributed by atoms with van der Waals surface area (Å²) in [7, 11) is 0. The molecule has 1 aromatic carbocycles. The van der Waals surface area contributed by atoms with Gasteiger partial charge in [0.2, 0.25) is 0 Å². The maximum Gasteiger partial charge on any atom is 0.105 e. The van der Waals surface area contributed by atoms with E-state index in [0.717, 1.165) is 37.4 Å². The summed E-state index contributed by atoms with van der Waals surface area (Å²) in [5, 5.41) is 3.93. The van der Waals surface area contributed by atoms with Crippen LogP contribution in [0, 0.1) is 0 Å². The van der Waals surface area contributed by atoms with E-state index in [1.54, 1.807) is 0 Å². The zero-order valence-electron chi connectivity index (χ0n) is 10.9. The van der Waals surface area contributed by atoms with Crippen LogP contribution in [0.15, 0.2) is 18.2 Å². The molecule has 0 bridgehead atoms. The Morgan fingerprint density at radius 2 is 2.06 bits per heavy atom. The molecule has 0 aliphatic rings. The van der Waals surface area contributed by atoms with Crippen molar-refractivity contribution in [1.29, 1.82) is 0 Å². The molecule has 3 nitrogen and oxygen atoms in total. The molecule has 0 amide bonds. The lowest BCUT2D eigenvalue weighted by Crippen LogP contribution is -2.28. The summed E-state index contributed by atoms with van der Waals surface area (Å²) < 4.78 is 0. The van der Waals surface area contributed by atoms with Crippen molar-refractivity contribution in [3.05, 3.63) is 28.8 Å². The molecular formula is C13H20ClN3S. The van der Waals surface area contributed by atoms with E-state index in [4.69, 9.17) is 29.6 Å². The van der Waals surface area contributed by atoms with Crippen LogP contribution >= 0.6 is 23.8 Å². The van der Waals surface area contributed by atoms with E-state index in [-0.39, 0.29) is 0 Å². The maximum absolute atomic E-state index is 6.10. The van der Waals surface area contributed by atoms with Gasteiger partial charge in [-0.05, 0) is 31.3 Å². The molecule has 100 valence electrons. The number of halogens is 1. The Kier molecular flexibility index (Phi) is 6.39. The van der Waals surface area contributed by atoms with E-state index in [2.05, 4.69) is 24.1 Å². The smallest absolute Gasteiger partial charge is 0.105 e. The Bertz CT molecular complexity index is 405. The Labute approximate surface area is 119 Å². The molecule has 0 aromatic heterocycles. The summed E-state index contributed by atoms with van der Waals surface area (Å²) in [6.07, 6.45) is 0. The van der Waals surface area contributed by atoms with E-state index in [0.29, 0.717) is 10.0 Å². The highest BCUT2D eigenvalue weighted by molar-refractivity contribution is 7.80. The molecular weight excluding hydrogens is 266 g/mol. The first-order valence-corrected chi connectivity index (χ1v) is 6.92. The highest BCUT2D eigenvalue weighted by atomic mass is 35.5. The zero-order chi connectivity index (χ0) is 13.5. The molecule has 0 spiro atoms. The summed E-state index contributed by atoms with van der Waals surface area (Å²) in [5.41, 5.74) is 7.28. The Balaban J connectivity index is 2.53. The molecule has 0 radical (unpaired) electrons. The first-order chi connectivity index (χ1) is 8.58. The van der Waals surface area contributed by atoms with Gasteiger partial charge in [0.25, 0.3) is 0 Å². The average molecular weight is 286 g/mol. The zero-order valence-corrected chi connectivity index (χ0v) is 12.4. The largest absolute Gasteiger partial charge is 0.389 e. The van der Waals surface area contributed by atoms with Gasteiger partial charge in [0.15, 0.2) is 0 Å². The predicted molar refractivity (Wildman–Crippen MR) is 83.6 cm³/mol. The lowest BCUT2D eigenvalue weighted by Gasteiger charge is -2.18.